The van der Waals surface area contributed by atoms with E-state index in [0.717, 1.165) is 8.66 Å². The molecule has 2 aromatic rings. The lowest BCUT2D eigenvalue weighted by Crippen LogP contribution is -2.13. The van der Waals surface area contributed by atoms with Gasteiger partial charge in [0.1, 0.15) is 4.90 Å². The SMILES string of the molecule is COc1ccc(NS(=O)(=O)c2cc(Br)sc2C)cn1. The molecule has 0 saturated carbocycles. The zero-order chi connectivity index (χ0) is 14.0. The first-order chi connectivity index (χ1) is 8.92. The summed E-state index contributed by atoms with van der Waals surface area (Å²) in [5.74, 6) is 0.428. The smallest absolute Gasteiger partial charge is 0.263 e. The van der Waals surface area contributed by atoms with Crippen molar-refractivity contribution in [3.05, 3.63) is 33.1 Å². The maximum atomic E-state index is 12.2. The molecule has 2 rings (SSSR count). The van der Waals surface area contributed by atoms with Crippen LogP contribution in [-0.2, 0) is 10.0 Å². The van der Waals surface area contributed by atoms with Crippen LogP contribution in [-0.4, -0.2) is 20.5 Å². The first-order valence-electron chi connectivity index (χ1n) is 5.21. The molecule has 1 N–H and O–H groups in total. The van der Waals surface area contributed by atoms with Gasteiger partial charge in [0.15, 0.2) is 0 Å². The van der Waals surface area contributed by atoms with E-state index in [-0.39, 0.29) is 4.90 Å². The summed E-state index contributed by atoms with van der Waals surface area (Å²) in [4.78, 5) is 4.93. The van der Waals surface area contributed by atoms with Crippen molar-refractivity contribution in [2.75, 3.05) is 11.8 Å². The second-order valence-electron chi connectivity index (χ2n) is 3.67. The Kier molecular flexibility index (Phi) is 4.12. The van der Waals surface area contributed by atoms with Crippen molar-refractivity contribution in [2.45, 2.75) is 11.8 Å². The third kappa shape index (κ3) is 3.26. The van der Waals surface area contributed by atoms with Crippen LogP contribution in [0.25, 0.3) is 0 Å². The molecule has 0 aliphatic carbocycles. The summed E-state index contributed by atoms with van der Waals surface area (Å²) in [5, 5.41) is 0. The molecule has 5 nitrogen and oxygen atoms in total. The molecular formula is C11H11BrN2O3S2. The molecule has 0 atom stereocenters. The van der Waals surface area contributed by atoms with Gasteiger partial charge in [0.25, 0.3) is 10.0 Å². The molecule has 0 bridgehead atoms. The number of rotatable bonds is 4. The van der Waals surface area contributed by atoms with Gasteiger partial charge in [-0.2, -0.15) is 0 Å². The molecule has 0 unspecified atom stereocenters. The number of sulfonamides is 1. The van der Waals surface area contributed by atoms with E-state index in [9.17, 15) is 8.42 Å². The normalized spacial score (nSPS) is 11.3. The summed E-state index contributed by atoms with van der Waals surface area (Å²) in [6, 6.07) is 4.77. The Balaban J connectivity index is 2.28. The Morgan fingerprint density at radius 3 is 2.63 bits per heavy atom. The second kappa shape index (κ2) is 5.48. The lowest BCUT2D eigenvalue weighted by Gasteiger charge is -2.07. The van der Waals surface area contributed by atoms with Crippen LogP contribution < -0.4 is 9.46 Å². The molecule has 102 valence electrons. The Morgan fingerprint density at radius 2 is 2.16 bits per heavy atom. The van der Waals surface area contributed by atoms with Crippen molar-refractivity contribution in [1.29, 1.82) is 0 Å². The van der Waals surface area contributed by atoms with E-state index in [2.05, 4.69) is 25.6 Å². The highest BCUT2D eigenvalue weighted by molar-refractivity contribution is 9.11. The fourth-order valence-electron chi connectivity index (χ4n) is 1.47. The molecule has 0 fully saturated rings. The van der Waals surface area contributed by atoms with Gasteiger partial charge in [-0.05, 0) is 35.0 Å². The largest absolute Gasteiger partial charge is 0.481 e. The van der Waals surface area contributed by atoms with Crippen LogP contribution >= 0.6 is 27.3 Å². The summed E-state index contributed by atoms with van der Waals surface area (Å²) < 4.78 is 32.6. The van der Waals surface area contributed by atoms with E-state index in [1.54, 1.807) is 25.1 Å². The molecule has 2 heterocycles. The number of thiophene rings is 1. The molecule has 19 heavy (non-hydrogen) atoms. The van der Waals surface area contributed by atoms with Gasteiger partial charge in [-0.25, -0.2) is 13.4 Å². The fraction of sp³-hybridized carbons (Fsp3) is 0.182. The Bertz CT molecular complexity index is 680. The quantitative estimate of drug-likeness (QED) is 0.907. The first kappa shape index (κ1) is 14.3. The number of nitrogens with one attached hydrogen (secondary N) is 1. The zero-order valence-corrected chi connectivity index (χ0v) is 13.4. The van der Waals surface area contributed by atoms with Crippen LogP contribution in [0.2, 0.25) is 0 Å². The predicted octanol–water partition coefficient (Wildman–Crippen LogP) is 3.02. The van der Waals surface area contributed by atoms with Gasteiger partial charge in [-0.3, -0.25) is 4.72 Å². The van der Waals surface area contributed by atoms with Crippen molar-refractivity contribution < 1.29 is 13.2 Å². The molecule has 0 aromatic carbocycles. The lowest BCUT2D eigenvalue weighted by molar-refractivity contribution is 0.398. The number of methoxy groups -OCH3 is 1. The molecule has 0 radical (unpaired) electrons. The van der Waals surface area contributed by atoms with Gasteiger partial charge in [0.05, 0.1) is 22.8 Å². The predicted molar refractivity (Wildman–Crippen MR) is 78.4 cm³/mol. The van der Waals surface area contributed by atoms with Crippen molar-refractivity contribution in [3.63, 3.8) is 0 Å². The highest BCUT2D eigenvalue weighted by Gasteiger charge is 2.19. The molecule has 0 aliphatic heterocycles. The van der Waals surface area contributed by atoms with E-state index in [1.807, 2.05) is 0 Å². The number of aromatic nitrogens is 1. The number of ether oxygens (including phenoxy) is 1. The number of aryl methyl sites for hydroxylation is 1. The third-order valence-electron chi connectivity index (χ3n) is 2.33. The van der Waals surface area contributed by atoms with E-state index in [4.69, 9.17) is 4.74 Å². The van der Waals surface area contributed by atoms with Crippen LogP contribution in [0.3, 0.4) is 0 Å². The van der Waals surface area contributed by atoms with Gasteiger partial charge < -0.3 is 4.74 Å². The van der Waals surface area contributed by atoms with E-state index >= 15 is 0 Å². The minimum Gasteiger partial charge on any atom is -0.481 e. The molecule has 8 heteroatoms. The Morgan fingerprint density at radius 1 is 1.42 bits per heavy atom. The number of halogens is 1. The Labute approximate surface area is 123 Å². The number of nitrogens with zero attached hydrogens (tertiary/aromatic N) is 1. The summed E-state index contributed by atoms with van der Waals surface area (Å²) in [6.45, 7) is 1.76. The van der Waals surface area contributed by atoms with E-state index in [1.165, 1.54) is 24.6 Å². The van der Waals surface area contributed by atoms with Gasteiger partial charge in [0.2, 0.25) is 5.88 Å². The molecular weight excluding hydrogens is 352 g/mol. The fourth-order valence-corrected chi connectivity index (χ4v) is 4.93. The second-order valence-corrected chi connectivity index (χ2v) is 7.95. The molecule has 2 aromatic heterocycles. The molecule has 0 amide bonds. The van der Waals surface area contributed by atoms with Crippen LogP contribution in [0.15, 0.2) is 33.1 Å². The summed E-state index contributed by atoms with van der Waals surface area (Å²) in [5.41, 5.74) is 0.391. The average molecular weight is 363 g/mol. The van der Waals surface area contributed by atoms with E-state index in [0.29, 0.717) is 11.6 Å². The average Bonchev–Trinajstić information content (AvgIpc) is 2.70. The monoisotopic (exact) mass is 362 g/mol. The topological polar surface area (TPSA) is 68.3 Å². The third-order valence-corrected chi connectivity index (χ3v) is 5.52. The number of anilines is 1. The maximum absolute atomic E-state index is 12.2. The van der Waals surface area contributed by atoms with Gasteiger partial charge in [0, 0.05) is 10.9 Å². The first-order valence-corrected chi connectivity index (χ1v) is 8.30. The molecule has 0 aliphatic rings. The Hall–Kier alpha value is -1.12. The van der Waals surface area contributed by atoms with Gasteiger partial charge in [-0.1, -0.05) is 0 Å². The van der Waals surface area contributed by atoms with Crippen molar-refractivity contribution >= 4 is 43.0 Å². The summed E-state index contributed by atoms with van der Waals surface area (Å²) in [6.07, 6.45) is 1.41. The highest BCUT2D eigenvalue weighted by atomic mass is 79.9. The van der Waals surface area contributed by atoms with Crippen molar-refractivity contribution in [3.8, 4) is 5.88 Å². The highest BCUT2D eigenvalue weighted by Crippen LogP contribution is 2.30. The van der Waals surface area contributed by atoms with E-state index < -0.39 is 10.0 Å². The summed E-state index contributed by atoms with van der Waals surface area (Å²) in [7, 11) is -2.09. The van der Waals surface area contributed by atoms with Gasteiger partial charge >= 0.3 is 0 Å². The maximum Gasteiger partial charge on any atom is 0.263 e. The lowest BCUT2D eigenvalue weighted by atomic mass is 10.4. The number of hydrogen-bond acceptors (Lipinski definition) is 5. The molecule has 0 spiro atoms. The number of pyridine rings is 1. The minimum absolute atomic E-state index is 0.264. The van der Waals surface area contributed by atoms with Crippen LogP contribution in [0, 0.1) is 6.92 Å². The van der Waals surface area contributed by atoms with Crippen molar-refractivity contribution in [1.82, 2.24) is 4.98 Å². The van der Waals surface area contributed by atoms with Crippen LogP contribution in [0.4, 0.5) is 5.69 Å². The summed E-state index contributed by atoms with van der Waals surface area (Å²) >= 11 is 4.65. The molecule has 0 saturated heterocycles. The van der Waals surface area contributed by atoms with Crippen molar-refractivity contribution in [2.24, 2.45) is 0 Å². The van der Waals surface area contributed by atoms with Crippen LogP contribution in [0.1, 0.15) is 4.88 Å². The minimum atomic E-state index is -3.59. The standard InChI is InChI=1S/C11H11BrN2O3S2/c1-7-9(5-10(12)18-7)19(15,16)14-8-3-4-11(17-2)13-6-8/h3-6,14H,1-2H3. The van der Waals surface area contributed by atoms with Crippen LogP contribution in [0.5, 0.6) is 5.88 Å². The van der Waals surface area contributed by atoms with Gasteiger partial charge in [-0.15, -0.1) is 11.3 Å². The number of hydrogen-bond donors (Lipinski definition) is 1. The zero-order valence-electron chi connectivity index (χ0n) is 10.2.